The Hall–Kier alpha value is -5.06. The van der Waals surface area contributed by atoms with E-state index in [1.165, 1.54) is 40.7 Å². The van der Waals surface area contributed by atoms with Gasteiger partial charge in [0.1, 0.15) is 5.75 Å². The highest BCUT2D eigenvalue weighted by atomic mass is 16.6. The van der Waals surface area contributed by atoms with E-state index in [9.17, 15) is 14.4 Å². The fraction of sp³-hybridized carbons (Fsp3) is 0.185. The van der Waals surface area contributed by atoms with Gasteiger partial charge in [-0.05, 0) is 60.2 Å². The standard InChI is InChI=1S/C27H27N3O8/c1-34-20-7-5-6-19(13-20)27(33)38-22-10-8-17(12-23(22)36-3)15-29-30-25(31)16-28-26(32)18-9-11-21(35-2)24(14-18)37-4/h5-15H,16H2,1-4H3,(H,28,32)(H,30,31)/b29-15+. The van der Waals surface area contributed by atoms with Gasteiger partial charge in [-0.15, -0.1) is 0 Å². The van der Waals surface area contributed by atoms with Crippen LogP contribution in [0.5, 0.6) is 28.7 Å². The molecule has 0 saturated carbocycles. The van der Waals surface area contributed by atoms with E-state index in [-0.39, 0.29) is 12.3 Å². The van der Waals surface area contributed by atoms with E-state index >= 15 is 0 Å². The smallest absolute Gasteiger partial charge is 0.343 e. The van der Waals surface area contributed by atoms with Gasteiger partial charge in [-0.3, -0.25) is 9.59 Å². The van der Waals surface area contributed by atoms with Crippen LogP contribution in [0.15, 0.2) is 65.8 Å². The zero-order valence-electron chi connectivity index (χ0n) is 21.3. The van der Waals surface area contributed by atoms with Crippen LogP contribution in [0.25, 0.3) is 0 Å². The van der Waals surface area contributed by atoms with Crippen LogP contribution < -0.4 is 34.4 Å². The molecular weight excluding hydrogens is 494 g/mol. The highest BCUT2D eigenvalue weighted by Crippen LogP contribution is 2.29. The number of hydrazone groups is 1. The fourth-order valence-electron chi connectivity index (χ4n) is 3.22. The van der Waals surface area contributed by atoms with Crippen molar-refractivity contribution >= 4 is 24.0 Å². The zero-order valence-corrected chi connectivity index (χ0v) is 21.3. The Morgan fingerprint density at radius 2 is 1.47 bits per heavy atom. The maximum absolute atomic E-state index is 12.5. The number of hydrogen-bond acceptors (Lipinski definition) is 9. The summed E-state index contributed by atoms with van der Waals surface area (Å²) in [5.41, 5.74) is 3.52. The van der Waals surface area contributed by atoms with Gasteiger partial charge >= 0.3 is 5.97 Å². The molecule has 3 aromatic rings. The highest BCUT2D eigenvalue weighted by molar-refractivity contribution is 5.97. The lowest BCUT2D eigenvalue weighted by molar-refractivity contribution is -0.120. The van der Waals surface area contributed by atoms with Crippen LogP contribution in [-0.4, -0.2) is 59.0 Å². The van der Waals surface area contributed by atoms with Crippen LogP contribution in [0.4, 0.5) is 0 Å². The minimum atomic E-state index is -0.578. The molecule has 11 nitrogen and oxygen atoms in total. The Morgan fingerprint density at radius 3 is 2.18 bits per heavy atom. The Labute approximate surface area is 219 Å². The van der Waals surface area contributed by atoms with Gasteiger partial charge in [-0.25, -0.2) is 10.2 Å². The van der Waals surface area contributed by atoms with E-state index in [1.807, 2.05) is 0 Å². The SMILES string of the molecule is COc1cccc(C(=O)Oc2ccc(/C=N/NC(=O)CNC(=O)c3ccc(OC)c(OC)c3)cc2OC)c1. The molecule has 0 spiro atoms. The van der Waals surface area contributed by atoms with Gasteiger partial charge in [0.05, 0.1) is 46.8 Å². The summed E-state index contributed by atoms with van der Waals surface area (Å²) >= 11 is 0. The molecule has 0 aromatic heterocycles. The first-order valence-corrected chi connectivity index (χ1v) is 11.2. The van der Waals surface area contributed by atoms with Crippen molar-refractivity contribution in [3.05, 3.63) is 77.4 Å². The van der Waals surface area contributed by atoms with Crippen molar-refractivity contribution < 1.29 is 38.1 Å². The third-order valence-electron chi connectivity index (χ3n) is 5.15. The fourth-order valence-corrected chi connectivity index (χ4v) is 3.22. The molecule has 198 valence electrons. The van der Waals surface area contributed by atoms with Crippen LogP contribution >= 0.6 is 0 Å². The van der Waals surface area contributed by atoms with Crippen molar-refractivity contribution in [2.75, 3.05) is 35.0 Å². The minimum absolute atomic E-state index is 0.208. The number of hydrogen-bond donors (Lipinski definition) is 2. The Kier molecular flexibility index (Phi) is 9.64. The lowest BCUT2D eigenvalue weighted by Crippen LogP contribution is -2.34. The van der Waals surface area contributed by atoms with Crippen LogP contribution in [0.2, 0.25) is 0 Å². The number of ether oxygens (including phenoxy) is 5. The summed E-state index contributed by atoms with van der Waals surface area (Å²) in [6.07, 6.45) is 1.38. The Balaban J connectivity index is 1.55. The number of carbonyl (C=O) groups excluding carboxylic acids is 3. The predicted molar refractivity (Wildman–Crippen MR) is 139 cm³/mol. The molecule has 0 radical (unpaired) electrons. The summed E-state index contributed by atoms with van der Waals surface area (Å²) in [6, 6.07) is 16.0. The second kappa shape index (κ2) is 13.3. The van der Waals surface area contributed by atoms with Gasteiger partial charge in [0.15, 0.2) is 23.0 Å². The molecule has 11 heteroatoms. The van der Waals surface area contributed by atoms with E-state index < -0.39 is 17.8 Å². The second-order valence-corrected chi connectivity index (χ2v) is 7.58. The van der Waals surface area contributed by atoms with E-state index in [1.54, 1.807) is 54.6 Å². The number of amides is 2. The molecule has 0 aliphatic heterocycles. The average molecular weight is 522 g/mol. The van der Waals surface area contributed by atoms with Crippen molar-refractivity contribution in [3.63, 3.8) is 0 Å². The molecule has 0 saturated heterocycles. The van der Waals surface area contributed by atoms with Crippen molar-refractivity contribution in [1.82, 2.24) is 10.7 Å². The molecule has 2 N–H and O–H groups in total. The Morgan fingerprint density at radius 1 is 0.763 bits per heavy atom. The van der Waals surface area contributed by atoms with E-state index in [4.69, 9.17) is 23.7 Å². The molecule has 0 heterocycles. The largest absolute Gasteiger partial charge is 0.497 e. The molecule has 0 aliphatic rings. The van der Waals surface area contributed by atoms with E-state index in [0.717, 1.165) is 0 Å². The number of benzene rings is 3. The van der Waals surface area contributed by atoms with Gasteiger partial charge in [0.25, 0.3) is 11.8 Å². The number of nitrogens with zero attached hydrogens (tertiary/aromatic N) is 1. The quantitative estimate of drug-likeness (QED) is 0.170. The maximum Gasteiger partial charge on any atom is 0.343 e. The molecule has 0 fully saturated rings. The van der Waals surface area contributed by atoms with E-state index in [2.05, 4.69) is 15.8 Å². The average Bonchev–Trinajstić information content (AvgIpc) is 2.96. The molecule has 0 unspecified atom stereocenters. The first kappa shape index (κ1) is 27.5. The first-order valence-electron chi connectivity index (χ1n) is 11.2. The summed E-state index contributed by atoms with van der Waals surface area (Å²) in [4.78, 5) is 36.9. The maximum atomic E-state index is 12.5. The molecular formula is C27H27N3O8. The molecule has 38 heavy (non-hydrogen) atoms. The minimum Gasteiger partial charge on any atom is -0.497 e. The van der Waals surface area contributed by atoms with Crippen LogP contribution in [-0.2, 0) is 4.79 Å². The highest BCUT2D eigenvalue weighted by Gasteiger charge is 2.14. The van der Waals surface area contributed by atoms with Crippen molar-refractivity contribution in [1.29, 1.82) is 0 Å². The molecule has 0 bridgehead atoms. The number of carbonyl (C=O) groups is 3. The summed E-state index contributed by atoms with van der Waals surface area (Å²) in [5.74, 6) is 0.325. The predicted octanol–water partition coefficient (Wildman–Crippen LogP) is 2.82. The van der Waals surface area contributed by atoms with Gasteiger partial charge in [0, 0.05) is 5.56 Å². The van der Waals surface area contributed by atoms with Gasteiger partial charge in [-0.1, -0.05) is 6.07 Å². The summed E-state index contributed by atoms with van der Waals surface area (Å²) in [6.45, 7) is -0.299. The van der Waals surface area contributed by atoms with Gasteiger partial charge in [0.2, 0.25) is 0 Å². The van der Waals surface area contributed by atoms with Crippen LogP contribution in [0.3, 0.4) is 0 Å². The first-order chi connectivity index (χ1) is 18.4. The number of methoxy groups -OCH3 is 4. The zero-order chi connectivity index (χ0) is 27.5. The molecule has 0 aliphatic carbocycles. The third-order valence-corrected chi connectivity index (χ3v) is 5.15. The lowest BCUT2D eigenvalue weighted by Gasteiger charge is -2.10. The van der Waals surface area contributed by atoms with Crippen molar-refractivity contribution in [3.8, 4) is 28.7 Å². The summed E-state index contributed by atoms with van der Waals surface area (Å²) < 4.78 is 26.2. The number of rotatable bonds is 11. The molecule has 0 atom stereocenters. The van der Waals surface area contributed by atoms with E-state index in [0.29, 0.717) is 39.7 Å². The molecule has 3 rings (SSSR count). The van der Waals surface area contributed by atoms with Gasteiger partial charge in [-0.2, -0.15) is 5.10 Å². The van der Waals surface area contributed by atoms with Gasteiger partial charge < -0.3 is 29.0 Å². The molecule has 3 aromatic carbocycles. The summed E-state index contributed by atoms with van der Waals surface area (Å²) in [7, 11) is 5.89. The number of nitrogens with one attached hydrogen (secondary N) is 2. The molecule has 2 amide bonds. The third kappa shape index (κ3) is 7.23. The number of esters is 1. The second-order valence-electron chi connectivity index (χ2n) is 7.58. The topological polar surface area (TPSA) is 134 Å². The Bertz CT molecular complexity index is 1340. The summed E-state index contributed by atoms with van der Waals surface area (Å²) in [5, 5.41) is 6.39. The van der Waals surface area contributed by atoms with Crippen LogP contribution in [0, 0.1) is 0 Å². The van der Waals surface area contributed by atoms with Crippen molar-refractivity contribution in [2.24, 2.45) is 5.10 Å². The van der Waals surface area contributed by atoms with Crippen molar-refractivity contribution in [2.45, 2.75) is 0 Å². The normalized spacial score (nSPS) is 10.4. The van der Waals surface area contributed by atoms with Crippen LogP contribution in [0.1, 0.15) is 26.3 Å². The monoisotopic (exact) mass is 521 g/mol. The lowest BCUT2D eigenvalue weighted by atomic mass is 10.2.